The molecule has 1 rings (SSSR count). The number of aromatic nitrogens is 2. The SMILES string of the molecule is CCC(CC)C(O)CNc1cnc(C(=O)O)cn1. The highest BCUT2D eigenvalue weighted by atomic mass is 16.4. The van der Waals surface area contributed by atoms with E-state index in [1.807, 2.05) is 13.8 Å². The zero-order valence-corrected chi connectivity index (χ0v) is 10.6. The molecule has 0 aromatic carbocycles. The van der Waals surface area contributed by atoms with E-state index >= 15 is 0 Å². The first-order chi connectivity index (χ1) is 8.58. The van der Waals surface area contributed by atoms with E-state index in [2.05, 4.69) is 15.3 Å². The van der Waals surface area contributed by atoms with Crippen LogP contribution in [0.3, 0.4) is 0 Å². The van der Waals surface area contributed by atoms with Crippen LogP contribution >= 0.6 is 0 Å². The highest BCUT2D eigenvalue weighted by Crippen LogP contribution is 2.13. The van der Waals surface area contributed by atoms with Gasteiger partial charge in [-0.05, 0) is 5.92 Å². The summed E-state index contributed by atoms with van der Waals surface area (Å²) < 4.78 is 0. The molecule has 0 fully saturated rings. The molecule has 1 heterocycles. The molecule has 0 amide bonds. The largest absolute Gasteiger partial charge is 0.476 e. The van der Waals surface area contributed by atoms with Gasteiger partial charge in [-0.25, -0.2) is 14.8 Å². The summed E-state index contributed by atoms with van der Waals surface area (Å²) in [6.07, 6.45) is 3.93. The molecule has 6 heteroatoms. The molecule has 0 aliphatic carbocycles. The molecule has 0 saturated heterocycles. The molecule has 3 N–H and O–H groups in total. The smallest absolute Gasteiger partial charge is 0.356 e. The number of carboxylic acids is 1. The third-order valence-electron chi connectivity index (χ3n) is 2.96. The van der Waals surface area contributed by atoms with E-state index in [-0.39, 0.29) is 11.6 Å². The summed E-state index contributed by atoms with van der Waals surface area (Å²) in [5.74, 6) is -0.389. The van der Waals surface area contributed by atoms with Crippen molar-refractivity contribution >= 4 is 11.8 Å². The zero-order chi connectivity index (χ0) is 13.5. The van der Waals surface area contributed by atoms with Gasteiger partial charge in [-0.15, -0.1) is 0 Å². The molecule has 6 nitrogen and oxygen atoms in total. The molecule has 0 bridgehead atoms. The second-order valence-electron chi connectivity index (χ2n) is 4.12. The van der Waals surface area contributed by atoms with Gasteiger partial charge in [0.2, 0.25) is 0 Å². The Morgan fingerprint density at radius 2 is 2.00 bits per heavy atom. The van der Waals surface area contributed by atoms with E-state index < -0.39 is 12.1 Å². The summed E-state index contributed by atoms with van der Waals surface area (Å²) in [6, 6.07) is 0. The number of hydrogen-bond acceptors (Lipinski definition) is 5. The molecule has 0 aliphatic rings. The minimum Gasteiger partial charge on any atom is -0.476 e. The summed E-state index contributed by atoms with van der Waals surface area (Å²) in [5, 5.41) is 21.5. The van der Waals surface area contributed by atoms with E-state index in [0.29, 0.717) is 12.4 Å². The Morgan fingerprint density at radius 1 is 1.33 bits per heavy atom. The number of rotatable bonds is 7. The van der Waals surface area contributed by atoms with Crippen LogP contribution in [0.5, 0.6) is 0 Å². The minimum atomic E-state index is -1.11. The Bertz CT molecular complexity index is 377. The summed E-state index contributed by atoms with van der Waals surface area (Å²) in [7, 11) is 0. The van der Waals surface area contributed by atoms with Crippen LogP contribution < -0.4 is 5.32 Å². The van der Waals surface area contributed by atoms with Crippen LogP contribution in [0, 0.1) is 5.92 Å². The zero-order valence-electron chi connectivity index (χ0n) is 10.6. The summed E-state index contributed by atoms with van der Waals surface area (Å²) in [5.41, 5.74) is -0.0962. The first-order valence-corrected chi connectivity index (χ1v) is 6.05. The second-order valence-corrected chi connectivity index (χ2v) is 4.12. The highest BCUT2D eigenvalue weighted by Gasteiger charge is 2.15. The van der Waals surface area contributed by atoms with Gasteiger partial charge in [-0.3, -0.25) is 0 Å². The Kier molecular flexibility index (Phi) is 5.51. The number of nitrogens with one attached hydrogen (secondary N) is 1. The van der Waals surface area contributed by atoms with Crippen molar-refractivity contribution in [2.75, 3.05) is 11.9 Å². The van der Waals surface area contributed by atoms with Crippen molar-refractivity contribution < 1.29 is 15.0 Å². The van der Waals surface area contributed by atoms with Gasteiger partial charge in [-0.1, -0.05) is 26.7 Å². The first kappa shape index (κ1) is 14.4. The van der Waals surface area contributed by atoms with Crippen molar-refractivity contribution in [2.45, 2.75) is 32.8 Å². The molecule has 1 aromatic rings. The van der Waals surface area contributed by atoms with E-state index in [0.717, 1.165) is 12.8 Å². The molecule has 100 valence electrons. The predicted octanol–water partition coefficient (Wildman–Crippen LogP) is 1.38. The van der Waals surface area contributed by atoms with Gasteiger partial charge >= 0.3 is 5.97 Å². The van der Waals surface area contributed by atoms with Crippen molar-refractivity contribution in [1.82, 2.24) is 9.97 Å². The maximum atomic E-state index is 10.6. The molecular formula is C12H19N3O3. The maximum absolute atomic E-state index is 10.6. The molecule has 0 aliphatic heterocycles. The summed E-state index contributed by atoms with van der Waals surface area (Å²) in [6.45, 7) is 4.46. The van der Waals surface area contributed by atoms with E-state index in [1.54, 1.807) is 0 Å². The Morgan fingerprint density at radius 3 is 2.44 bits per heavy atom. The van der Waals surface area contributed by atoms with Crippen LogP contribution in [0.2, 0.25) is 0 Å². The molecular weight excluding hydrogens is 234 g/mol. The normalized spacial score (nSPS) is 12.4. The molecule has 1 unspecified atom stereocenters. The fourth-order valence-corrected chi connectivity index (χ4v) is 1.74. The number of aromatic carboxylic acids is 1. The number of anilines is 1. The number of nitrogens with zero attached hydrogens (tertiary/aromatic N) is 2. The average Bonchev–Trinajstić information content (AvgIpc) is 2.38. The molecule has 1 aromatic heterocycles. The van der Waals surface area contributed by atoms with Crippen LogP contribution in [-0.4, -0.2) is 38.8 Å². The molecule has 1 atom stereocenters. The topological polar surface area (TPSA) is 95.3 Å². The van der Waals surface area contributed by atoms with E-state index in [1.165, 1.54) is 12.4 Å². The monoisotopic (exact) mass is 253 g/mol. The summed E-state index contributed by atoms with van der Waals surface area (Å²) in [4.78, 5) is 18.2. The number of carboxylic acid groups (broad SMARTS) is 1. The van der Waals surface area contributed by atoms with Gasteiger partial charge in [0.05, 0.1) is 18.5 Å². The lowest BCUT2D eigenvalue weighted by atomic mass is 9.97. The van der Waals surface area contributed by atoms with Crippen molar-refractivity contribution in [2.24, 2.45) is 5.92 Å². The Hall–Kier alpha value is -1.69. The van der Waals surface area contributed by atoms with Crippen molar-refractivity contribution in [3.05, 3.63) is 18.1 Å². The fourth-order valence-electron chi connectivity index (χ4n) is 1.74. The highest BCUT2D eigenvalue weighted by molar-refractivity contribution is 5.84. The quantitative estimate of drug-likeness (QED) is 0.679. The average molecular weight is 253 g/mol. The second kappa shape index (κ2) is 6.90. The van der Waals surface area contributed by atoms with Gasteiger partial charge in [0.25, 0.3) is 0 Å². The van der Waals surface area contributed by atoms with Crippen molar-refractivity contribution in [3.63, 3.8) is 0 Å². The van der Waals surface area contributed by atoms with Gasteiger partial charge < -0.3 is 15.5 Å². The molecule has 18 heavy (non-hydrogen) atoms. The van der Waals surface area contributed by atoms with Gasteiger partial charge in [0, 0.05) is 6.54 Å². The lowest BCUT2D eigenvalue weighted by Crippen LogP contribution is -2.28. The van der Waals surface area contributed by atoms with Crippen LogP contribution in [0.15, 0.2) is 12.4 Å². The Labute approximate surface area is 106 Å². The van der Waals surface area contributed by atoms with Gasteiger partial charge in [0.1, 0.15) is 5.82 Å². The van der Waals surface area contributed by atoms with Crippen LogP contribution in [0.25, 0.3) is 0 Å². The van der Waals surface area contributed by atoms with Crippen molar-refractivity contribution in [3.8, 4) is 0 Å². The van der Waals surface area contributed by atoms with E-state index in [9.17, 15) is 9.90 Å². The Balaban J connectivity index is 2.50. The molecule has 0 radical (unpaired) electrons. The van der Waals surface area contributed by atoms with Gasteiger partial charge in [0.15, 0.2) is 5.69 Å². The minimum absolute atomic E-state index is 0.0962. The standard InChI is InChI=1S/C12H19N3O3/c1-3-8(4-2)10(16)6-15-11-7-13-9(5-14-11)12(17)18/h5,7-8,10,16H,3-4,6H2,1-2H3,(H,14,15)(H,17,18). The fraction of sp³-hybridized carbons (Fsp3) is 0.583. The first-order valence-electron chi connectivity index (χ1n) is 6.05. The third-order valence-corrected chi connectivity index (χ3v) is 2.96. The number of hydrogen-bond donors (Lipinski definition) is 3. The lowest BCUT2D eigenvalue weighted by molar-refractivity contribution is 0.0690. The molecule has 0 spiro atoms. The lowest BCUT2D eigenvalue weighted by Gasteiger charge is -2.20. The van der Waals surface area contributed by atoms with Crippen LogP contribution in [-0.2, 0) is 0 Å². The van der Waals surface area contributed by atoms with Crippen molar-refractivity contribution in [1.29, 1.82) is 0 Å². The summed E-state index contributed by atoms with van der Waals surface area (Å²) >= 11 is 0. The van der Waals surface area contributed by atoms with Gasteiger partial charge in [-0.2, -0.15) is 0 Å². The predicted molar refractivity (Wildman–Crippen MR) is 67.6 cm³/mol. The number of aliphatic hydroxyl groups is 1. The third kappa shape index (κ3) is 3.96. The van der Waals surface area contributed by atoms with E-state index in [4.69, 9.17) is 5.11 Å². The molecule has 0 saturated carbocycles. The van der Waals surface area contributed by atoms with Crippen LogP contribution in [0.4, 0.5) is 5.82 Å². The number of aliphatic hydroxyl groups excluding tert-OH is 1. The van der Waals surface area contributed by atoms with Crippen LogP contribution in [0.1, 0.15) is 37.2 Å². The number of carbonyl (C=O) groups is 1. The maximum Gasteiger partial charge on any atom is 0.356 e.